The Kier molecular flexibility index (Phi) is 4.89. The maximum absolute atomic E-state index is 12.5. The van der Waals surface area contributed by atoms with Crippen molar-refractivity contribution in [2.45, 2.75) is 52.6 Å². The highest BCUT2D eigenvalue weighted by molar-refractivity contribution is 6.05. The van der Waals surface area contributed by atoms with Crippen molar-refractivity contribution in [1.82, 2.24) is 0 Å². The summed E-state index contributed by atoms with van der Waals surface area (Å²) in [5.41, 5.74) is 4.85. The molecule has 3 nitrogen and oxygen atoms in total. The third-order valence-corrected chi connectivity index (χ3v) is 4.80. The van der Waals surface area contributed by atoms with Crippen molar-refractivity contribution >= 4 is 11.6 Å². The van der Waals surface area contributed by atoms with Crippen LogP contribution in [0, 0.1) is 20.8 Å². The van der Waals surface area contributed by atoms with Crippen molar-refractivity contribution < 1.29 is 9.53 Å². The quantitative estimate of drug-likeness (QED) is 0.841. The molecule has 3 rings (SSSR count). The molecule has 0 aromatic heterocycles. The molecule has 1 N–H and O–H groups in total. The van der Waals surface area contributed by atoms with E-state index in [0.29, 0.717) is 6.10 Å². The molecule has 0 saturated heterocycles. The average Bonchev–Trinajstić information content (AvgIpc) is 3.05. The third-order valence-electron chi connectivity index (χ3n) is 4.80. The first-order valence-electron chi connectivity index (χ1n) is 8.69. The number of nitrogens with one attached hydrogen (secondary N) is 1. The molecule has 1 amide bonds. The second kappa shape index (κ2) is 7.08. The summed E-state index contributed by atoms with van der Waals surface area (Å²) >= 11 is 0. The van der Waals surface area contributed by atoms with Crippen LogP contribution in [0.5, 0.6) is 5.75 Å². The van der Waals surface area contributed by atoms with E-state index in [2.05, 4.69) is 18.3 Å². The Bertz CT molecular complexity index is 728. The first-order chi connectivity index (χ1) is 11.5. The first-order valence-corrected chi connectivity index (χ1v) is 8.69. The molecule has 0 bridgehead atoms. The van der Waals surface area contributed by atoms with Gasteiger partial charge >= 0.3 is 0 Å². The summed E-state index contributed by atoms with van der Waals surface area (Å²) < 4.78 is 5.96. The maximum atomic E-state index is 12.5. The van der Waals surface area contributed by atoms with E-state index in [-0.39, 0.29) is 5.91 Å². The van der Waals surface area contributed by atoms with Crippen LogP contribution in [0.25, 0.3) is 0 Å². The highest BCUT2D eigenvalue weighted by Crippen LogP contribution is 2.25. The zero-order valence-corrected chi connectivity index (χ0v) is 14.7. The minimum absolute atomic E-state index is 0.0694. The second-order valence-electron chi connectivity index (χ2n) is 6.75. The van der Waals surface area contributed by atoms with Crippen LogP contribution in [-0.2, 0) is 0 Å². The number of carbonyl (C=O) groups excluding carboxylic acids is 1. The topological polar surface area (TPSA) is 38.3 Å². The lowest BCUT2D eigenvalue weighted by molar-refractivity contribution is 0.102. The van der Waals surface area contributed by atoms with E-state index in [1.165, 1.54) is 18.4 Å². The summed E-state index contributed by atoms with van der Waals surface area (Å²) in [6.45, 7) is 6.06. The van der Waals surface area contributed by atoms with Gasteiger partial charge in [0.1, 0.15) is 5.75 Å². The van der Waals surface area contributed by atoms with Crippen molar-refractivity contribution in [3.63, 3.8) is 0 Å². The van der Waals surface area contributed by atoms with Crippen molar-refractivity contribution in [1.29, 1.82) is 0 Å². The van der Waals surface area contributed by atoms with Crippen LogP contribution in [-0.4, -0.2) is 12.0 Å². The minimum Gasteiger partial charge on any atom is -0.490 e. The van der Waals surface area contributed by atoms with Gasteiger partial charge in [0, 0.05) is 11.3 Å². The molecule has 0 aliphatic heterocycles. The number of hydrogen-bond donors (Lipinski definition) is 1. The Morgan fingerprint density at radius 2 is 1.58 bits per heavy atom. The summed E-state index contributed by atoms with van der Waals surface area (Å²) in [7, 11) is 0. The lowest BCUT2D eigenvalue weighted by atomic mass is 10.0. The average molecular weight is 323 g/mol. The lowest BCUT2D eigenvalue weighted by Crippen LogP contribution is -2.14. The van der Waals surface area contributed by atoms with E-state index in [1.54, 1.807) is 0 Å². The lowest BCUT2D eigenvalue weighted by Gasteiger charge is -2.14. The molecule has 3 heteroatoms. The van der Waals surface area contributed by atoms with Gasteiger partial charge in [-0.25, -0.2) is 0 Å². The van der Waals surface area contributed by atoms with Gasteiger partial charge in [-0.3, -0.25) is 4.79 Å². The van der Waals surface area contributed by atoms with Gasteiger partial charge in [-0.15, -0.1) is 0 Å². The molecular formula is C21H25NO2. The largest absolute Gasteiger partial charge is 0.490 e. The molecule has 0 radical (unpaired) electrons. The number of hydrogen-bond acceptors (Lipinski definition) is 2. The van der Waals surface area contributed by atoms with Gasteiger partial charge in [0.25, 0.3) is 5.91 Å². The smallest absolute Gasteiger partial charge is 0.255 e. The number of carbonyl (C=O) groups is 1. The van der Waals surface area contributed by atoms with Gasteiger partial charge in [0.15, 0.2) is 0 Å². The molecule has 1 aliphatic carbocycles. The summed E-state index contributed by atoms with van der Waals surface area (Å²) in [5.74, 6) is 0.808. The SMILES string of the molecule is Cc1cc(C)c(C(=O)Nc2ccc(OC3CCCC3)cc2)cc1C. The number of amides is 1. The maximum Gasteiger partial charge on any atom is 0.255 e. The van der Waals surface area contributed by atoms with Gasteiger partial charge in [-0.2, -0.15) is 0 Å². The van der Waals surface area contributed by atoms with E-state index < -0.39 is 0 Å². The van der Waals surface area contributed by atoms with E-state index in [9.17, 15) is 4.79 Å². The summed E-state index contributed by atoms with van der Waals surface area (Å²) in [6.07, 6.45) is 5.15. The Balaban J connectivity index is 1.67. The number of ether oxygens (including phenoxy) is 1. The Labute approximate surface area is 144 Å². The van der Waals surface area contributed by atoms with Crippen LogP contribution in [0.3, 0.4) is 0 Å². The van der Waals surface area contributed by atoms with Crippen molar-refractivity contribution in [3.05, 3.63) is 58.7 Å². The normalized spacial score (nSPS) is 14.6. The van der Waals surface area contributed by atoms with Crippen LogP contribution in [0.15, 0.2) is 36.4 Å². The number of rotatable bonds is 4. The number of benzene rings is 2. The minimum atomic E-state index is -0.0694. The Hall–Kier alpha value is -2.29. The highest BCUT2D eigenvalue weighted by Gasteiger charge is 2.16. The van der Waals surface area contributed by atoms with Gasteiger partial charge in [-0.1, -0.05) is 6.07 Å². The van der Waals surface area contributed by atoms with Crippen LogP contribution in [0.1, 0.15) is 52.7 Å². The molecule has 0 heterocycles. The Morgan fingerprint density at radius 3 is 2.25 bits per heavy atom. The molecule has 1 aliphatic rings. The second-order valence-corrected chi connectivity index (χ2v) is 6.75. The first kappa shape index (κ1) is 16.6. The summed E-state index contributed by atoms with van der Waals surface area (Å²) in [4.78, 5) is 12.5. The molecule has 2 aromatic rings. The molecule has 126 valence electrons. The van der Waals surface area contributed by atoms with Crippen molar-refractivity contribution in [2.24, 2.45) is 0 Å². The van der Waals surface area contributed by atoms with Crippen LogP contribution in [0.4, 0.5) is 5.69 Å². The standard InChI is InChI=1S/C21H25NO2/c1-14-12-16(3)20(13-15(14)2)21(23)22-17-8-10-19(11-9-17)24-18-6-4-5-7-18/h8-13,18H,4-7H2,1-3H3,(H,22,23). The third kappa shape index (κ3) is 3.78. The van der Waals surface area contributed by atoms with E-state index >= 15 is 0 Å². The van der Waals surface area contributed by atoms with Crippen molar-refractivity contribution in [2.75, 3.05) is 5.32 Å². The molecule has 1 saturated carbocycles. The molecule has 0 unspecified atom stereocenters. The monoisotopic (exact) mass is 323 g/mol. The van der Waals surface area contributed by atoms with Crippen molar-refractivity contribution in [3.8, 4) is 5.75 Å². The number of anilines is 1. The zero-order chi connectivity index (χ0) is 17.1. The fourth-order valence-corrected chi connectivity index (χ4v) is 3.22. The molecule has 0 spiro atoms. The van der Waals surface area contributed by atoms with Crippen LogP contribution in [0.2, 0.25) is 0 Å². The molecule has 0 atom stereocenters. The fraction of sp³-hybridized carbons (Fsp3) is 0.381. The summed E-state index contributed by atoms with van der Waals surface area (Å²) in [5, 5.41) is 2.97. The predicted molar refractivity (Wildman–Crippen MR) is 97.9 cm³/mol. The Morgan fingerprint density at radius 1 is 0.958 bits per heavy atom. The van der Waals surface area contributed by atoms with Gasteiger partial charge < -0.3 is 10.1 Å². The highest BCUT2D eigenvalue weighted by atomic mass is 16.5. The van der Waals surface area contributed by atoms with E-state index in [0.717, 1.165) is 41.0 Å². The molecule has 1 fully saturated rings. The van der Waals surface area contributed by atoms with Crippen LogP contribution < -0.4 is 10.1 Å². The van der Waals surface area contributed by atoms with Gasteiger partial charge in [-0.05, 0) is 93.5 Å². The van der Waals surface area contributed by atoms with E-state index in [1.807, 2.05) is 44.2 Å². The molecule has 2 aromatic carbocycles. The number of aryl methyl sites for hydroxylation is 3. The van der Waals surface area contributed by atoms with Gasteiger partial charge in [0.05, 0.1) is 6.10 Å². The van der Waals surface area contributed by atoms with E-state index in [4.69, 9.17) is 4.74 Å². The van der Waals surface area contributed by atoms with Crippen LogP contribution >= 0.6 is 0 Å². The molecule has 24 heavy (non-hydrogen) atoms. The molecular weight excluding hydrogens is 298 g/mol. The zero-order valence-electron chi connectivity index (χ0n) is 14.7. The predicted octanol–water partition coefficient (Wildman–Crippen LogP) is 5.19. The summed E-state index contributed by atoms with van der Waals surface area (Å²) in [6, 6.07) is 11.7. The van der Waals surface area contributed by atoms with Gasteiger partial charge in [0.2, 0.25) is 0 Å². The fourth-order valence-electron chi connectivity index (χ4n) is 3.22.